The first-order valence-corrected chi connectivity index (χ1v) is 6.99. The minimum atomic E-state index is 0.0563. The lowest BCUT2D eigenvalue weighted by Gasteiger charge is -2.18. The van der Waals surface area contributed by atoms with Crippen molar-refractivity contribution in [2.24, 2.45) is 0 Å². The molecule has 2 aromatic carbocycles. The van der Waals surface area contributed by atoms with Crippen LogP contribution in [-0.2, 0) is 0 Å². The molecule has 0 spiro atoms. The Balaban J connectivity index is 2.03. The minimum absolute atomic E-state index is 0.0563. The van der Waals surface area contributed by atoms with Crippen molar-refractivity contribution < 1.29 is 0 Å². The third-order valence-electron chi connectivity index (χ3n) is 3.57. The number of benzene rings is 2. The highest BCUT2D eigenvalue weighted by molar-refractivity contribution is 5.36. The molecule has 0 saturated heterocycles. The normalized spacial score (nSPS) is 12.3. The van der Waals surface area contributed by atoms with Gasteiger partial charge in [-0.05, 0) is 31.7 Å². The van der Waals surface area contributed by atoms with Crippen LogP contribution in [0.3, 0.4) is 0 Å². The average Bonchev–Trinajstić information content (AvgIpc) is 3.00. The highest BCUT2D eigenvalue weighted by atomic mass is 15.4. The summed E-state index contributed by atoms with van der Waals surface area (Å²) < 4.78 is 1.88. The third-order valence-corrected chi connectivity index (χ3v) is 3.57. The van der Waals surface area contributed by atoms with Crippen LogP contribution in [0.25, 0.3) is 5.69 Å². The first-order valence-electron chi connectivity index (χ1n) is 6.99. The van der Waals surface area contributed by atoms with E-state index in [0.29, 0.717) is 0 Å². The van der Waals surface area contributed by atoms with Gasteiger partial charge in [-0.25, -0.2) is 4.68 Å². The van der Waals surface area contributed by atoms with Crippen molar-refractivity contribution in [1.29, 1.82) is 0 Å². The van der Waals surface area contributed by atoms with E-state index < -0.39 is 0 Å². The first kappa shape index (κ1) is 13.5. The number of nitrogens with zero attached hydrogens (tertiary/aromatic N) is 3. The summed E-state index contributed by atoms with van der Waals surface area (Å²) in [6.45, 7) is 2.09. The number of para-hydroxylation sites is 1. The quantitative estimate of drug-likeness (QED) is 0.798. The summed E-state index contributed by atoms with van der Waals surface area (Å²) in [7, 11) is 1.95. The molecule has 0 fully saturated rings. The van der Waals surface area contributed by atoms with Gasteiger partial charge in [-0.1, -0.05) is 53.2 Å². The molecule has 1 unspecified atom stereocenters. The monoisotopic (exact) mass is 278 g/mol. The van der Waals surface area contributed by atoms with E-state index in [1.165, 1.54) is 11.1 Å². The van der Waals surface area contributed by atoms with E-state index in [9.17, 15) is 0 Å². The van der Waals surface area contributed by atoms with Crippen LogP contribution in [-0.4, -0.2) is 22.0 Å². The van der Waals surface area contributed by atoms with Crippen molar-refractivity contribution >= 4 is 0 Å². The standard InChI is InChI=1S/C17H18N4/c1-13-8-10-14(11-9-13)17(18-2)16-12-19-20-21(16)15-6-4-3-5-7-15/h3-12,17-18H,1-2H3. The fourth-order valence-corrected chi connectivity index (χ4v) is 2.45. The summed E-state index contributed by atoms with van der Waals surface area (Å²) in [6, 6.07) is 18.6. The van der Waals surface area contributed by atoms with Crippen LogP contribution in [0.2, 0.25) is 0 Å². The number of hydrogen-bond donors (Lipinski definition) is 1. The van der Waals surface area contributed by atoms with Crippen LogP contribution in [0.15, 0.2) is 60.8 Å². The molecule has 0 aliphatic heterocycles. The van der Waals surface area contributed by atoms with Gasteiger partial charge in [-0.3, -0.25) is 0 Å². The van der Waals surface area contributed by atoms with Gasteiger partial charge >= 0.3 is 0 Å². The number of aromatic nitrogens is 3. The highest BCUT2D eigenvalue weighted by Crippen LogP contribution is 2.23. The summed E-state index contributed by atoms with van der Waals surface area (Å²) in [6.07, 6.45) is 1.81. The van der Waals surface area contributed by atoms with E-state index in [1.54, 1.807) is 0 Å². The van der Waals surface area contributed by atoms with Gasteiger partial charge in [-0.2, -0.15) is 0 Å². The molecule has 3 rings (SSSR count). The molecular formula is C17H18N4. The van der Waals surface area contributed by atoms with Crippen LogP contribution in [0.5, 0.6) is 0 Å². The van der Waals surface area contributed by atoms with Gasteiger partial charge in [0.15, 0.2) is 0 Å². The zero-order valence-electron chi connectivity index (χ0n) is 12.2. The Bertz CT molecular complexity index is 701. The Morgan fingerprint density at radius 1 is 1.00 bits per heavy atom. The maximum atomic E-state index is 4.23. The number of rotatable bonds is 4. The second-order valence-electron chi connectivity index (χ2n) is 5.04. The molecule has 1 N–H and O–H groups in total. The molecular weight excluding hydrogens is 260 g/mol. The van der Waals surface area contributed by atoms with Crippen molar-refractivity contribution in [1.82, 2.24) is 20.3 Å². The number of aryl methyl sites for hydroxylation is 1. The summed E-state index contributed by atoms with van der Waals surface area (Å²) in [5.41, 5.74) is 4.48. The molecule has 0 saturated carbocycles. The molecule has 21 heavy (non-hydrogen) atoms. The van der Waals surface area contributed by atoms with Crippen molar-refractivity contribution in [2.45, 2.75) is 13.0 Å². The minimum Gasteiger partial charge on any atom is -0.308 e. The molecule has 0 amide bonds. The lowest BCUT2D eigenvalue weighted by Crippen LogP contribution is -2.21. The summed E-state index contributed by atoms with van der Waals surface area (Å²) in [4.78, 5) is 0. The zero-order chi connectivity index (χ0) is 14.7. The molecule has 106 valence electrons. The summed E-state index contributed by atoms with van der Waals surface area (Å²) in [5.74, 6) is 0. The van der Waals surface area contributed by atoms with Crippen LogP contribution >= 0.6 is 0 Å². The molecule has 1 aromatic heterocycles. The lowest BCUT2D eigenvalue weighted by molar-refractivity contribution is 0.633. The Hall–Kier alpha value is -2.46. The molecule has 3 aromatic rings. The van der Waals surface area contributed by atoms with Crippen molar-refractivity contribution in [3.05, 3.63) is 77.6 Å². The fraction of sp³-hybridized carbons (Fsp3) is 0.176. The van der Waals surface area contributed by atoms with Gasteiger partial charge in [0.2, 0.25) is 0 Å². The molecule has 1 atom stereocenters. The van der Waals surface area contributed by atoms with E-state index in [-0.39, 0.29) is 6.04 Å². The number of hydrogen-bond acceptors (Lipinski definition) is 3. The Labute approximate surface area is 124 Å². The maximum Gasteiger partial charge on any atom is 0.0860 e. The van der Waals surface area contributed by atoms with Gasteiger partial charge in [0.05, 0.1) is 23.6 Å². The van der Waals surface area contributed by atoms with Crippen molar-refractivity contribution in [2.75, 3.05) is 7.05 Å². The molecule has 0 aliphatic rings. The Morgan fingerprint density at radius 2 is 1.71 bits per heavy atom. The predicted octanol–water partition coefficient (Wildman–Crippen LogP) is 2.88. The Morgan fingerprint density at radius 3 is 2.38 bits per heavy atom. The predicted molar refractivity (Wildman–Crippen MR) is 83.4 cm³/mol. The van der Waals surface area contributed by atoms with Crippen LogP contribution in [0.4, 0.5) is 0 Å². The van der Waals surface area contributed by atoms with Crippen molar-refractivity contribution in [3.63, 3.8) is 0 Å². The van der Waals surface area contributed by atoms with Gasteiger partial charge in [-0.15, -0.1) is 5.10 Å². The van der Waals surface area contributed by atoms with E-state index in [2.05, 4.69) is 46.8 Å². The van der Waals surface area contributed by atoms with Gasteiger partial charge in [0.1, 0.15) is 0 Å². The maximum absolute atomic E-state index is 4.23. The zero-order valence-corrected chi connectivity index (χ0v) is 12.2. The largest absolute Gasteiger partial charge is 0.308 e. The van der Waals surface area contributed by atoms with Crippen LogP contribution in [0.1, 0.15) is 22.9 Å². The van der Waals surface area contributed by atoms with Gasteiger partial charge in [0, 0.05) is 0 Å². The van der Waals surface area contributed by atoms with E-state index in [0.717, 1.165) is 11.4 Å². The highest BCUT2D eigenvalue weighted by Gasteiger charge is 2.18. The van der Waals surface area contributed by atoms with E-state index in [1.807, 2.05) is 48.3 Å². The second kappa shape index (κ2) is 5.89. The van der Waals surface area contributed by atoms with Gasteiger partial charge in [0.25, 0.3) is 0 Å². The molecule has 1 heterocycles. The molecule has 0 radical (unpaired) electrons. The first-order chi connectivity index (χ1) is 10.3. The fourth-order valence-electron chi connectivity index (χ4n) is 2.45. The summed E-state index contributed by atoms with van der Waals surface area (Å²) in [5, 5.41) is 11.7. The third kappa shape index (κ3) is 2.71. The topological polar surface area (TPSA) is 42.7 Å². The van der Waals surface area contributed by atoms with Gasteiger partial charge < -0.3 is 5.32 Å². The Kier molecular flexibility index (Phi) is 3.79. The number of nitrogens with one attached hydrogen (secondary N) is 1. The molecule has 0 bridgehead atoms. The second-order valence-corrected chi connectivity index (χ2v) is 5.04. The molecule has 0 aliphatic carbocycles. The van der Waals surface area contributed by atoms with Crippen molar-refractivity contribution in [3.8, 4) is 5.69 Å². The van der Waals surface area contributed by atoms with Crippen LogP contribution in [0, 0.1) is 6.92 Å². The molecule has 4 nitrogen and oxygen atoms in total. The lowest BCUT2D eigenvalue weighted by atomic mass is 10.0. The SMILES string of the molecule is CNC(c1ccc(C)cc1)c1cnnn1-c1ccccc1. The van der Waals surface area contributed by atoms with E-state index >= 15 is 0 Å². The molecule has 4 heteroatoms. The van der Waals surface area contributed by atoms with E-state index in [4.69, 9.17) is 0 Å². The van der Waals surface area contributed by atoms with Crippen LogP contribution < -0.4 is 5.32 Å². The smallest absolute Gasteiger partial charge is 0.0860 e. The summed E-state index contributed by atoms with van der Waals surface area (Å²) >= 11 is 0. The average molecular weight is 278 g/mol.